The molecule has 10 nitrogen and oxygen atoms in total. The second kappa shape index (κ2) is 9.45. The van der Waals surface area contributed by atoms with Gasteiger partial charge in [0.15, 0.2) is 5.03 Å². The van der Waals surface area contributed by atoms with E-state index in [1.165, 1.54) is 19.3 Å². The van der Waals surface area contributed by atoms with Crippen LogP contribution in [0.3, 0.4) is 0 Å². The molecule has 0 saturated carbocycles. The summed E-state index contributed by atoms with van der Waals surface area (Å²) in [5.41, 5.74) is 2.79. The standard InChI is InChI=1S/C24H24N6O4S/c1-25-35(32,33)21-7-2-17(15-27-21)20-14-16-8-9-26-24(31)22(16)23(29-20)28-18-3-5-19(6-4-18)30-10-12-34-13-11-30/h2-9,14-15,25H,10-13H2,1H3,(H,26,31)(H,28,29). The second-order valence-electron chi connectivity index (χ2n) is 7.99. The Labute approximate surface area is 202 Å². The zero-order chi connectivity index (χ0) is 24.4. The van der Waals surface area contributed by atoms with Gasteiger partial charge in [0.25, 0.3) is 15.6 Å². The third kappa shape index (κ3) is 4.74. The lowest BCUT2D eigenvalue weighted by Gasteiger charge is -2.28. The van der Waals surface area contributed by atoms with Gasteiger partial charge in [-0.1, -0.05) is 0 Å². The predicted molar refractivity (Wildman–Crippen MR) is 135 cm³/mol. The average Bonchev–Trinajstić information content (AvgIpc) is 2.89. The van der Waals surface area contributed by atoms with Crippen LogP contribution in [0.25, 0.3) is 22.0 Å². The Morgan fingerprint density at radius 2 is 1.83 bits per heavy atom. The largest absolute Gasteiger partial charge is 0.378 e. The van der Waals surface area contributed by atoms with Crippen molar-refractivity contribution in [2.24, 2.45) is 0 Å². The van der Waals surface area contributed by atoms with E-state index in [0.29, 0.717) is 41.1 Å². The van der Waals surface area contributed by atoms with Gasteiger partial charge in [0, 0.05) is 42.4 Å². The highest BCUT2D eigenvalue weighted by atomic mass is 32.2. The summed E-state index contributed by atoms with van der Waals surface area (Å²) in [7, 11) is -2.32. The van der Waals surface area contributed by atoms with Crippen LogP contribution < -0.4 is 20.5 Å². The number of benzene rings is 1. The van der Waals surface area contributed by atoms with Crippen molar-refractivity contribution in [1.82, 2.24) is 19.7 Å². The molecule has 0 amide bonds. The zero-order valence-corrected chi connectivity index (χ0v) is 19.8. The molecule has 0 bridgehead atoms. The Balaban J connectivity index is 1.51. The third-order valence-corrected chi connectivity index (χ3v) is 7.17. The first-order valence-corrected chi connectivity index (χ1v) is 12.6. The zero-order valence-electron chi connectivity index (χ0n) is 19.0. The molecule has 35 heavy (non-hydrogen) atoms. The fourth-order valence-electron chi connectivity index (χ4n) is 3.96. The number of nitrogens with zero attached hydrogens (tertiary/aromatic N) is 3. The smallest absolute Gasteiger partial charge is 0.259 e. The Bertz CT molecular complexity index is 1510. The van der Waals surface area contributed by atoms with Crippen LogP contribution in [0.4, 0.5) is 17.2 Å². The summed E-state index contributed by atoms with van der Waals surface area (Å²) < 4.78 is 31.7. The molecule has 0 atom stereocenters. The molecule has 1 saturated heterocycles. The van der Waals surface area contributed by atoms with Crippen LogP contribution in [-0.2, 0) is 14.8 Å². The van der Waals surface area contributed by atoms with Gasteiger partial charge in [-0.15, -0.1) is 0 Å². The molecule has 1 fully saturated rings. The van der Waals surface area contributed by atoms with Gasteiger partial charge in [0.2, 0.25) is 0 Å². The van der Waals surface area contributed by atoms with E-state index in [1.54, 1.807) is 24.4 Å². The summed E-state index contributed by atoms with van der Waals surface area (Å²) in [6, 6.07) is 14.6. The molecular weight excluding hydrogens is 468 g/mol. The van der Waals surface area contributed by atoms with Gasteiger partial charge in [-0.05, 0) is 61.0 Å². The Morgan fingerprint density at radius 3 is 2.51 bits per heavy atom. The monoisotopic (exact) mass is 492 g/mol. The number of pyridine rings is 3. The fourth-order valence-corrected chi connectivity index (χ4v) is 4.61. The van der Waals surface area contributed by atoms with Crippen LogP contribution in [0.1, 0.15) is 0 Å². The van der Waals surface area contributed by atoms with Crippen LogP contribution in [0.2, 0.25) is 0 Å². The van der Waals surface area contributed by atoms with Gasteiger partial charge >= 0.3 is 0 Å². The minimum atomic E-state index is -3.65. The van der Waals surface area contributed by atoms with Crippen molar-refractivity contribution in [1.29, 1.82) is 0 Å². The first-order valence-electron chi connectivity index (χ1n) is 11.1. The lowest BCUT2D eigenvalue weighted by Crippen LogP contribution is -2.36. The molecule has 1 aliphatic rings. The van der Waals surface area contributed by atoms with Crippen molar-refractivity contribution in [3.8, 4) is 11.3 Å². The van der Waals surface area contributed by atoms with E-state index in [0.717, 1.165) is 24.5 Å². The lowest BCUT2D eigenvalue weighted by atomic mass is 10.1. The molecule has 3 N–H and O–H groups in total. The summed E-state index contributed by atoms with van der Waals surface area (Å²) in [6.45, 7) is 3.11. The van der Waals surface area contributed by atoms with Crippen molar-refractivity contribution < 1.29 is 13.2 Å². The van der Waals surface area contributed by atoms with E-state index < -0.39 is 10.0 Å². The minimum absolute atomic E-state index is 0.0836. The number of aromatic nitrogens is 3. The maximum atomic E-state index is 12.6. The maximum absolute atomic E-state index is 12.6. The molecule has 1 aliphatic heterocycles. The molecule has 11 heteroatoms. The van der Waals surface area contributed by atoms with E-state index in [-0.39, 0.29) is 10.6 Å². The highest BCUT2D eigenvalue weighted by Crippen LogP contribution is 2.29. The number of hydrogen-bond acceptors (Lipinski definition) is 8. The Morgan fingerprint density at radius 1 is 1.06 bits per heavy atom. The summed E-state index contributed by atoms with van der Waals surface area (Å²) in [5.74, 6) is 0.394. The van der Waals surface area contributed by atoms with Crippen molar-refractivity contribution >= 4 is 38.0 Å². The number of rotatable bonds is 6. The van der Waals surface area contributed by atoms with E-state index in [1.807, 2.05) is 24.3 Å². The molecule has 180 valence electrons. The molecule has 0 aliphatic carbocycles. The van der Waals surface area contributed by atoms with Gasteiger partial charge in [-0.3, -0.25) is 4.79 Å². The quantitative estimate of drug-likeness (QED) is 0.374. The predicted octanol–water partition coefficient (Wildman–Crippen LogP) is 2.47. The number of H-pyrrole nitrogens is 1. The topological polar surface area (TPSA) is 129 Å². The molecular formula is C24H24N6O4S. The molecule has 1 aromatic carbocycles. The fraction of sp³-hybridized carbons (Fsp3) is 0.208. The van der Waals surface area contributed by atoms with Gasteiger partial charge in [-0.25, -0.2) is 23.1 Å². The van der Waals surface area contributed by atoms with Gasteiger partial charge in [-0.2, -0.15) is 0 Å². The lowest BCUT2D eigenvalue weighted by molar-refractivity contribution is 0.122. The van der Waals surface area contributed by atoms with E-state index in [9.17, 15) is 13.2 Å². The van der Waals surface area contributed by atoms with Crippen LogP contribution in [0, 0.1) is 0 Å². The van der Waals surface area contributed by atoms with Crippen LogP contribution in [0.15, 0.2) is 70.7 Å². The van der Waals surface area contributed by atoms with Crippen LogP contribution in [-0.4, -0.2) is 56.7 Å². The maximum Gasteiger partial charge on any atom is 0.259 e. The molecule has 0 radical (unpaired) electrons. The van der Waals surface area contributed by atoms with Crippen molar-refractivity contribution in [3.05, 3.63) is 71.3 Å². The normalized spacial score (nSPS) is 14.3. The highest BCUT2D eigenvalue weighted by Gasteiger charge is 2.16. The Kier molecular flexibility index (Phi) is 6.20. The second-order valence-corrected chi connectivity index (χ2v) is 9.82. The average molecular weight is 493 g/mol. The number of ether oxygens (including phenoxy) is 1. The van der Waals surface area contributed by atoms with Gasteiger partial charge in [0.1, 0.15) is 5.82 Å². The van der Waals surface area contributed by atoms with Crippen molar-refractivity contribution in [2.45, 2.75) is 5.03 Å². The van der Waals surface area contributed by atoms with E-state index >= 15 is 0 Å². The third-order valence-electron chi connectivity index (χ3n) is 5.84. The SMILES string of the molecule is CNS(=O)(=O)c1ccc(-c2cc3cc[nH]c(=O)c3c(Nc3ccc(N4CCOCC4)cc3)n2)cn1. The minimum Gasteiger partial charge on any atom is -0.378 e. The van der Waals surface area contributed by atoms with Gasteiger partial charge < -0.3 is 19.9 Å². The number of nitrogens with one attached hydrogen (secondary N) is 3. The summed E-state index contributed by atoms with van der Waals surface area (Å²) in [6.07, 6.45) is 3.03. The number of anilines is 3. The molecule has 5 rings (SSSR count). The Hall–Kier alpha value is -3.80. The number of fused-ring (bicyclic) bond motifs is 1. The molecule has 4 aromatic rings. The number of sulfonamides is 1. The van der Waals surface area contributed by atoms with Crippen molar-refractivity contribution in [3.63, 3.8) is 0 Å². The number of morpholine rings is 1. The first-order chi connectivity index (χ1) is 16.9. The summed E-state index contributed by atoms with van der Waals surface area (Å²) in [4.78, 5) is 26.4. The van der Waals surface area contributed by atoms with Crippen LogP contribution >= 0.6 is 0 Å². The van der Waals surface area contributed by atoms with E-state index in [4.69, 9.17) is 4.74 Å². The molecule has 0 unspecified atom stereocenters. The molecule has 0 spiro atoms. The van der Waals surface area contributed by atoms with Crippen molar-refractivity contribution in [2.75, 3.05) is 43.6 Å². The first kappa shape index (κ1) is 23.0. The van der Waals surface area contributed by atoms with Crippen LogP contribution in [0.5, 0.6) is 0 Å². The number of hydrogen-bond donors (Lipinski definition) is 3. The summed E-state index contributed by atoms with van der Waals surface area (Å²) in [5, 5.41) is 4.31. The summed E-state index contributed by atoms with van der Waals surface area (Å²) >= 11 is 0. The van der Waals surface area contributed by atoms with E-state index in [2.05, 4.69) is 29.9 Å². The molecule has 3 aromatic heterocycles. The number of aromatic amines is 1. The van der Waals surface area contributed by atoms with Gasteiger partial charge in [0.05, 0.1) is 24.3 Å². The molecule has 4 heterocycles. The highest BCUT2D eigenvalue weighted by molar-refractivity contribution is 7.89.